The molecule has 0 spiro atoms. The monoisotopic (exact) mass is 251 g/mol. The van der Waals surface area contributed by atoms with Crippen LogP contribution in [0.1, 0.15) is 17.2 Å². The predicted molar refractivity (Wildman–Crippen MR) is 67.4 cm³/mol. The third-order valence-electron chi connectivity index (χ3n) is 2.62. The minimum Gasteiger partial charge on any atom is -0.394 e. The van der Waals surface area contributed by atoms with Gasteiger partial charge in [-0.25, -0.2) is 4.39 Å². The quantitative estimate of drug-likeness (QED) is 0.856. The number of hydrogen-bond donors (Lipinski definition) is 2. The van der Waals surface area contributed by atoms with Gasteiger partial charge in [0.15, 0.2) is 0 Å². The summed E-state index contributed by atoms with van der Waals surface area (Å²) >= 11 is 1.58. The van der Waals surface area contributed by atoms with Crippen LogP contribution in [-0.2, 0) is 6.54 Å². The lowest BCUT2D eigenvalue weighted by atomic mass is 10.1. The number of aliphatic hydroxyl groups excluding tert-OH is 1. The van der Waals surface area contributed by atoms with Crippen molar-refractivity contribution in [2.45, 2.75) is 12.6 Å². The van der Waals surface area contributed by atoms with Crippen LogP contribution in [0.4, 0.5) is 4.39 Å². The molecule has 0 saturated carbocycles. The minimum absolute atomic E-state index is 0.00514. The van der Waals surface area contributed by atoms with E-state index in [9.17, 15) is 9.50 Å². The van der Waals surface area contributed by atoms with Crippen LogP contribution in [-0.4, -0.2) is 11.7 Å². The van der Waals surface area contributed by atoms with Gasteiger partial charge in [0, 0.05) is 12.1 Å². The Balaban J connectivity index is 2.00. The lowest BCUT2D eigenvalue weighted by molar-refractivity contribution is 0.243. The van der Waals surface area contributed by atoms with E-state index in [-0.39, 0.29) is 18.5 Å². The highest BCUT2D eigenvalue weighted by molar-refractivity contribution is 7.07. The van der Waals surface area contributed by atoms with Gasteiger partial charge in [-0.15, -0.1) is 0 Å². The van der Waals surface area contributed by atoms with Crippen molar-refractivity contribution in [2.24, 2.45) is 0 Å². The number of benzene rings is 1. The molecule has 2 aromatic rings. The minimum atomic E-state index is -0.220. The molecular weight excluding hydrogens is 237 g/mol. The average Bonchev–Trinajstić information content (AvgIpc) is 2.86. The maximum Gasteiger partial charge on any atom is 0.127 e. The van der Waals surface area contributed by atoms with E-state index in [4.69, 9.17) is 0 Å². The molecule has 0 saturated heterocycles. The van der Waals surface area contributed by atoms with E-state index in [1.807, 2.05) is 16.8 Å². The molecule has 0 amide bonds. The first kappa shape index (κ1) is 12.2. The third-order valence-corrected chi connectivity index (χ3v) is 3.33. The van der Waals surface area contributed by atoms with Crippen molar-refractivity contribution in [3.05, 3.63) is 58.0 Å². The number of nitrogens with one attached hydrogen (secondary N) is 1. The summed E-state index contributed by atoms with van der Waals surface area (Å²) in [6.07, 6.45) is 0. The molecule has 0 aliphatic heterocycles. The first-order valence-corrected chi connectivity index (χ1v) is 6.35. The number of aliphatic hydroxyl groups is 1. The summed E-state index contributed by atoms with van der Waals surface area (Å²) in [5, 5.41) is 16.4. The van der Waals surface area contributed by atoms with E-state index in [0.717, 1.165) is 5.56 Å². The van der Waals surface area contributed by atoms with Crippen LogP contribution in [0.2, 0.25) is 0 Å². The molecule has 2 rings (SSSR count). The number of hydrogen-bond acceptors (Lipinski definition) is 3. The number of thiophene rings is 1. The molecule has 4 heteroatoms. The maximum absolute atomic E-state index is 13.4. The normalized spacial score (nSPS) is 12.6. The van der Waals surface area contributed by atoms with Gasteiger partial charge < -0.3 is 10.4 Å². The standard InChI is InChI=1S/C13H14FNOS/c14-12-4-2-1-3-10(12)7-15-13(8-16)11-5-6-17-9-11/h1-6,9,13,15-16H,7-8H2. The van der Waals surface area contributed by atoms with Crippen LogP contribution in [0.15, 0.2) is 41.1 Å². The van der Waals surface area contributed by atoms with E-state index in [1.165, 1.54) is 6.07 Å². The van der Waals surface area contributed by atoms with E-state index in [2.05, 4.69) is 5.32 Å². The number of halogens is 1. The Morgan fingerprint density at radius 2 is 2.12 bits per heavy atom. The fourth-order valence-corrected chi connectivity index (χ4v) is 2.35. The third kappa shape index (κ3) is 3.12. The highest BCUT2D eigenvalue weighted by atomic mass is 32.1. The van der Waals surface area contributed by atoms with Crippen molar-refractivity contribution >= 4 is 11.3 Å². The second-order valence-electron chi connectivity index (χ2n) is 3.76. The lowest BCUT2D eigenvalue weighted by Gasteiger charge is -2.15. The van der Waals surface area contributed by atoms with Crippen molar-refractivity contribution in [1.82, 2.24) is 5.32 Å². The highest BCUT2D eigenvalue weighted by Crippen LogP contribution is 2.17. The first-order chi connectivity index (χ1) is 8.31. The molecule has 0 aliphatic rings. The molecule has 0 bridgehead atoms. The predicted octanol–water partition coefficient (Wildman–Crippen LogP) is 2.71. The molecular formula is C13H14FNOS. The van der Waals surface area contributed by atoms with Gasteiger partial charge in [-0.2, -0.15) is 11.3 Å². The highest BCUT2D eigenvalue weighted by Gasteiger charge is 2.10. The zero-order valence-corrected chi connectivity index (χ0v) is 10.1. The second kappa shape index (κ2) is 5.91. The molecule has 1 aromatic carbocycles. The van der Waals surface area contributed by atoms with Gasteiger partial charge in [-0.1, -0.05) is 18.2 Å². The van der Waals surface area contributed by atoms with Gasteiger partial charge in [0.1, 0.15) is 5.82 Å². The fourth-order valence-electron chi connectivity index (χ4n) is 1.64. The molecule has 2 nitrogen and oxygen atoms in total. The Labute approximate surface area is 104 Å². The number of rotatable bonds is 5. The molecule has 1 atom stereocenters. The Kier molecular flexibility index (Phi) is 4.25. The van der Waals surface area contributed by atoms with Crippen molar-refractivity contribution < 1.29 is 9.50 Å². The smallest absolute Gasteiger partial charge is 0.127 e. The molecule has 1 unspecified atom stereocenters. The fraction of sp³-hybridized carbons (Fsp3) is 0.231. The SMILES string of the molecule is OCC(NCc1ccccc1F)c1ccsc1. The molecule has 90 valence electrons. The van der Waals surface area contributed by atoms with Gasteiger partial charge in [-0.05, 0) is 28.5 Å². The second-order valence-corrected chi connectivity index (χ2v) is 4.54. The summed E-state index contributed by atoms with van der Waals surface area (Å²) in [6.45, 7) is 0.416. The summed E-state index contributed by atoms with van der Waals surface area (Å²) < 4.78 is 13.4. The van der Waals surface area contributed by atoms with E-state index in [1.54, 1.807) is 29.5 Å². The Morgan fingerprint density at radius 1 is 1.29 bits per heavy atom. The zero-order valence-electron chi connectivity index (χ0n) is 9.27. The molecule has 0 radical (unpaired) electrons. The molecule has 1 aromatic heterocycles. The van der Waals surface area contributed by atoms with Crippen molar-refractivity contribution in [1.29, 1.82) is 0 Å². The summed E-state index contributed by atoms with van der Waals surface area (Å²) in [5.74, 6) is -0.220. The summed E-state index contributed by atoms with van der Waals surface area (Å²) in [5.41, 5.74) is 1.65. The van der Waals surface area contributed by atoms with Crippen LogP contribution < -0.4 is 5.32 Å². The van der Waals surface area contributed by atoms with Gasteiger partial charge >= 0.3 is 0 Å². The molecule has 0 aliphatic carbocycles. The van der Waals surface area contributed by atoms with Gasteiger partial charge in [-0.3, -0.25) is 0 Å². The van der Waals surface area contributed by atoms with Crippen LogP contribution >= 0.6 is 11.3 Å². The summed E-state index contributed by atoms with van der Waals surface area (Å²) in [4.78, 5) is 0. The van der Waals surface area contributed by atoms with Gasteiger partial charge in [0.2, 0.25) is 0 Å². The van der Waals surface area contributed by atoms with Crippen molar-refractivity contribution in [3.8, 4) is 0 Å². The molecule has 0 fully saturated rings. The topological polar surface area (TPSA) is 32.3 Å². The first-order valence-electron chi connectivity index (χ1n) is 5.41. The van der Waals surface area contributed by atoms with Crippen LogP contribution in [0.25, 0.3) is 0 Å². The largest absolute Gasteiger partial charge is 0.394 e. The average molecular weight is 251 g/mol. The van der Waals surface area contributed by atoms with E-state index < -0.39 is 0 Å². The van der Waals surface area contributed by atoms with Crippen LogP contribution in [0.5, 0.6) is 0 Å². The van der Waals surface area contributed by atoms with E-state index in [0.29, 0.717) is 12.1 Å². The maximum atomic E-state index is 13.4. The molecule has 1 heterocycles. The van der Waals surface area contributed by atoms with E-state index >= 15 is 0 Å². The lowest BCUT2D eigenvalue weighted by Crippen LogP contribution is -2.23. The van der Waals surface area contributed by atoms with Crippen molar-refractivity contribution in [2.75, 3.05) is 6.61 Å². The summed E-state index contributed by atoms with van der Waals surface area (Å²) in [7, 11) is 0. The Morgan fingerprint density at radius 3 is 2.76 bits per heavy atom. The van der Waals surface area contributed by atoms with Gasteiger partial charge in [0.05, 0.1) is 12.6 Å². The Hall–Kier alpha value is -1.23. The molecule has 2 N–H and O–H groups in total. The van der Waals surface area contributed by atoms with Crippen molar-refractivity contribution in [3.63, 3.8) is 0 Å². The van der Waals surface area contributed by atoms with Crippen LogP contribution in [0.3, 0.4) is 0 Å². The molecule has 17 heavy (non-hydrogen) atoms. The zero-order chi connectivity index (χ0) is 12.1. The van der Waals surface area contributed by atoms with Crippen LogP contribution in [0, 0.1) is 5.82 Å². The summed E-state index contributed by atoms with van der Waals surface area (Å²) in [6, 6.07) is 8.47. The Bertz CT molecular complexity index is 458. The van der Waals surface area contributed by atoms with Gasteiger partial charge in [0.25, 0.3) is 0 Å².